The van der Waals surface area contributed by atoms with Crippen molar-refractivity contribution in [3.05, 3.63) is 28.5 Å². The maximum absolute atomic E-state index is 6.26. The van der Waals surface area contributed by atoms with Crippen molar-refractivity contribution in [3.8, 4) is 0 Å². The van der Waals surface area contributed by atoms with E-state index in [9.17, 15) is 0 Å². The number of nitrogens with zero attached hydrogens (tertiary/aromatic N) is 2. The monoisotopic (exact) mass is 325 g/mol. The van der Waals surface area contributed by atoms with Gasteiger partial charge in [-0.2, -0.15) is 0 Å². The van der Waals surface area contributed by atoms with Gasteiger partial charge < -0.3 is 15.0 Å². The molecule has 0 aliphatic heterocycles. The molecule has 0 saturated carbocycles. The van der Waals surface area contributed by atoms with E-state index in [1.54, 1.807) is 7.11 Å². The van der Waals surface area contributed by atoms with Gasteiger partial charge in [-0.05, 0) is 38.0 Å². The normalized spacial score (nSPS) is 13.1. The highest BCUT2D eigenvalue weighted by Gasteiger charge is 2.16. The summed E-state index contributed by atoms with van der Waals surface area (Å²) in [5, 5.41) is 0. The fourth-order valence-electron chi connectivity index (χ4n) is 2.31. The van der Waals surface area contributed by atoms with Crippen molar-refractivity contribution in [2.45, 2.75) is 32.4 Å². The van der Waals surface area contributed by atoms with E-state index in [4.69, 9.17) is 15.5 Å². The molecule has 2 N–H and O–H groups in total. The molecule has 1 atom stereocenters. The van der Waals surface area contributed by atoms with E-state index in [1.165, 1.54) is 0 Å². The highest BCUT2D eigenvalue weighted by atomic mass is 79.9. The summed E-state index contributed by atoms with van der Waals surface area (Å²) < 4.78 is 8.31. The molecule has 0 radical (unpaired) electrons. The smallest absolute Gasteiger partial charge is 0.126 e. The summed E-state index contributed by atoms with van der Waals surface area (Å²) in [6.07, 6.45) is 1.84. The van der Waals surface area contributed by atoms with Crippen LogP contribution in [0.1, 0.15) is 31.6 Å². The second kappa shape index (κ2) is 6.50. The molecule has 1 aromatic carbocycles. The predicted octanol–water partition coefficient (Wildman–Crippen LogP) is 3.25. The van der Waals surface area contributed by atoms with Gasteiger partial charge in [0.1, 0.15) is 5.82 Å². The molecule has 0 spiro atoms. The average molecular weight is 326 g/mol. The van der Waals surface area contributed by atoms with Gasteiger partial charge in [0.05, 0.1) is 17.1 Å². The molecular formula is C14H20BrN3O. The minimum absolute atomic E-state index is 0.0405. The first-order chi connectivity index (χ1) is 9.17. The van der Waals surface area contributed by atoms with Crippen LogP contribution in [0.5, 0.6) is 0 Å². The number of aromatic nitrogens is 2. The molecule has 0 fully saturated rings. The van der Waals surface area contributed by atoms with Gasteiger partial charge in [-0.1, -0.05) is 15.9 Å². The van der Waals surface area contributed by atoms with E-state index in [0.29, 0.717) is 0 Å². The van der Waals surface area contributed by atoms with Crippen LogP contribution in [0.4, 0.5) is 0 Å². The number of rotatable bonds is 6. The van der Waals surface area contributed by atoms with Crippen LogP contribution >= 0.6 is 15.9 Å². The van der Waals surface area contributed by atoms with Gasteiger partial charge in [-0.3, -0.25) is 0 Å². The van der Waals surface area contributed by atoms with E-state index in [0.717, 1.165) is 47.3 Å². The number of nitrogens with two attached hydrogens (primary N) is 1. The number of benzene rings is 1. The second-order valence-corrected chi connectivity index (χ2v) is 5.50. The highest BCUT2D eigenvalue weighted by Crippen LogP contribution is 2.24. The topological polar surface area (TPSA) is 53.1 Å². The second-order valence-electron chi connectivity index (χ2n) is 4.59. The van der Waals surface area contributed by atoms with Crippen molar-refractivity contribution >= 4 is 27.0 Å². The summed E-state index contributed by atoms with van der Waals surface area (Å²) in [4.78, 5) is 4.69. The fraction of sp³-hybridized carbons (Fsp3) is 0.500. The molecule has 1 aromatic heterocycles. The quantitative estimate of drug-likeness (QED) is 0.829. The van der Waals surface area contributed by atoms with Crippen LogP contribution in [0, 0.1) is 0 Å². The van der Waals surface area contributed by atoms with E-state index in [2.05, 4.69) is 33.5 Å². The minimum Gasteiger partial charge on any atom is -0.385 e. The zero-order chi connectivity index (χ0) is 13.8. The maximum atomic E-state index is 6.26. The minimum atomic E-state index is -0.0405. The number of halogens is 1. The Balaban J connectivity index is 2.31. The molecule has 0 aliphatic carbocycles. The lowest BCUT2D eigenvalue weighted by Crippen LogP contribution is -2.17. The molecule has 2 rings (SSSR count). The van der Waals surface area contributed by atoms with Crippen molar-refractivity contribution in [3.63, 3.8) is 0 Å². The molecule has 4 nitrogen and oxygen atoms in total. The molecular weight excluding hydrogens is 306 g/mol. The van der Waals surface area contributed by atoms with Crippen LogP contribution in [0.25, 0.3) is 11.0 Å². The SMILES string of the molecule is CCn1c(C(N)CCCOC)nc2cc(Br)ccc21. The first-order valence-corrected chi connectivity index (χ1v) is 7.36. The summed E-state index contributed by atoms with van der Waals surface area (Å²) in [6, 6.07) is 6.12. The van der Waals surface area contributed by atoms with Gasteiger partial charge in [0.2, 0.25) is 0 Å². The van der Waals surface area contributed by atoms with Crippen LogP contribution < -0.4 is 5.73 Å². The van der Waals surface area contributed by atoms with E-state index in [1.807, 2.05) is 12.1 Å². The van der Waals surface area contributed by atoms with Crippen molar-refractivity contribution in [2.75, 3.05) is 13.7 Å². The third-order valence-electron chi connectivity index (χ3n) is 3.25. The average Bonchev–Trinajstić information content (AvgIpc) is 2.76. The number of ether oxygens (including phenoxy) is 1. The standard InChI is InChI=1S/C14H20BrN3O/c1-3-18-13-7-6-10(15)9-12(13)17-14(18)11(16)5-4-8-19-2/h6-7,9,11H,3-5,8,16H2,1-2H3. The Morgan fingerprint density at radius 2 is 2.26 bits per heavy atom. The Kier molecular flexibility index (Phi) is 4.96. The molecule has 19 heavy (non-hydrogen) atoms. The third-order valence-corrected chi connectivity index (χ3v) is 3.74. The van der Waals surface area contributed by atoms with Gasteiger partial charge in [-0.25, -0.2) is 4.98 Å². The summed E-state index contributed by atoms with van der Waals surface area (Å²) in [6.45, 7) is 3.74. The summed E-state index contributed by atoms with van der Waals surface area (Å²) in [5.41, 5.74) is 8.40. The maximum Gasteiger partial charge on any atom is 0.126 e. The van der Waals surface area contributed by atoms with Crippen LogP contribution in [-0.4, -0.2) is 23.3 Å². The van der Waals surface area contributed by atoms with Gasteiger partial charge >= 0.3 is 0 Å². The number of imidazole rings is 1. The molecule has 1 heterocycles. The number of fused-ring (bicyclic) bond motifs is 1. The van der Waals surface area contributed by atoms with Crippen LogP contribution in [0.3, 0.4) is 0 Å². The lowest BCUT2D eigenvalue weighted by atomic mass is 10.1. The van der Waals surface area contributed by atoms with Gasteiger partial charge in [0.25, 0.3) is 0 Å². The number of hydrogen-bond donors (Lipinski definition) is 1. The van der Waals surface area contributed by atoms with Gasteiger partial charge in [0, 0.05) is 24.7 Å². The first kappa shape index (κ1) is 14.5. The van der Waals surface area contributed by atoms with Crippen LogP contribution in [-0.2, 0) is 11.3 Å². The molecule has 2 aromatic rings. The molecule has 0 saturated heterocycles. The molecule has 104 valence electrons. The van der Waals surface area contributed by atoms with E-state index < -0.39 is 0 Å². The van der Waals surface area contributed by atoms with Crippen molar-refractivity contribution in [1.82, 2.24) is 9.55 Å². The Labute approximate surface area is 122 Å². The number of hydrogen-bond acceptors (Lipinski definition) is 3. The van der Waals surface area contributed by atoms with Crippen molar-refractivity contribution < 1.29 is 4.74 Å². The zero-order valence-corrected chi connectivity index (χ0v) is 13.0. The lowest BCUT2D eigenvalue weighted by molar-refractivity contribution is 0.190. The molecule has 0 amide bonds. The van der Waals surface area contributed by atoms with E-state index >= 15 is 0 Å². The molecule has 0 bridgehead atoms. The molecule has 5 heteroatoms. The fourth-order valence-corrected chi connectivity index (χ4v) is 2.66. The Hall–Kier alpha value is -0.910. The first-order valence-electron chi connectivity index (χ1n) is 6.57. The van der Waals surface area contributed by atoms with Crippen LogP contribution in [0.15, 0.2) is 22.7 Å². The Bertz CT molecular complexity index is 553. The third kappa shape index (κ3) is 3.16. The molecule has 1 unspecified atom stereocenters. The van der Waals surface area contributed by atoms with Crippen molar-refractivity contribution in [1.29, 1.82) is 0 Å². The largest absolute Gasteiger partial charge is 0.385 e. The number of aryl methyl sites for hydroxylation is 1. The molecule has 0 aliphatic rings. The van der Waals surface area contributed by atoms with Gasteiger partial charge in [-0.15, -0.1) is 0 Å². The predicted molar refractivity (Wildman–Crippen MR) is 81.1 cm³/mol. The zero-order valence-electron chi connectivity index (χ0n) is 11.4. The van der Waals surface area contributed by atoms with E-state index in [-0.39, 0.29) is 6.04 Å². The van der Waals surface area contributed by atoms with Gasteiger partial charge in [0.15, 0.2) is 0 Å². The summed E-state index contributed by atoms with van der Waals surface area (Å²) in [5.74, 6) is 0.965. The van der Waals surface area contributed by atoms with Crippen LogP contribution in [0.2, 0.25) is 0 Å². The summed E-state index contributed by atoms with van der Waals surface area (Å²) in [7, 11) is 1.71. The Morgan fingerprint density at radius 3 is 2.95 bits per heavy atom. The number of methoxy groups -OCH3 is 1. The lowest BCUT2D eigenvalue weighted by Gasteiger charge is -2.13. The van der Waals surface area contributed by atoms with Crippen molar-refractivity contribution in [2.24, 2.45) is 5.73 Å². The highest BCUT2D eigenvalue weighted by molar-refractivity contribution is 9.10. The Morgan fingerprint density at radius 1 is 1.47 bits per heavy atom. The summed E-state index contributed by atoms with van der Waals surface area (Å²) >= 11 is 3.48.